The molecule has 120 valence electrons. The van der Waals surface area contributed by atoms with Crippen molar-refractivity contribution in [2.75, 3.05) is 17.6 Å². The zero-order chi connectivity index (χ0) is 16.3. The maximum atomic E-state index is 12.2. The van der Waals surface area contributed by atoms with E-state index < -0.39 is 6.04 Å². The zero-order valence-corrected chi connectivity index (χ0v) is 13.7. The van der Waals surface area contributed by atoms with E-state index in [9.17, 15) is 4.79 Å². The van der Waals surface area contributed by atoms with Crippen molar-refractivity contribution in [3.63, 3.8) is 0 Å². The summed E-state index contributed by atoms with van der Waals surface area (Å²) >= 11 is 1.58. The lowest BCUT2D eigenvalue weighted by Gasteiger charge is -2.30. The van der Waals surface area contributed by atoms with Gasteiger partial charge in [0.05, 0.1) is 12.1 Å². The van der Waals surface area contributed by atoms with Gasteiger partial charge in [0.1, 0.15) is 6.04 Å². The number of amidine groups is 1. The van der Waals surface area contributed by atoms with Crippen molar-refractivity contribution in [1.82, 2.24) is 0 Å². The van der Waals surface area contributed by atoms with Gasteiger partial charge in [-0.2, -0.15) is 0 Å². The van der Waals surface area contributed by atoms with Crippen LogP contribution in [0.2, 0.25) is 0 Å². The molecule has 3 N–H and O–H groups in total. The summed E-state index contributed by atoms with van der Waals surface area (Å²) in [6, 6.07) is 7.31. The van der Waals surface area contributed by atoms with Crippen LogP contribution in [-0.4, -0.2) is 41.8 Å². The van der Waals surface area contributed by atoms with E-state index in [-0.39, 0.29) is 11.4 Å². The average molecular weight is 329 g/mol. The molecule has 0 bridgehead atoms. The first kappa shape index (κ1) is 15.7. The highest BCUT2D eigenvalue weighted by Gasteiger charge is 2.29. The largest absolute Gasteiger partial charge is 0.379 e. The first-order valence-corrected chi connectivity index (χ1v) is 8.46. The molecule has 0 saturated heterocycles. The Morgan fingerprint density at radius 2 is 2.30 bits per heavy atom. The highest BCUT2D eigenvalue weighted by Crippen LogP contribution is 2.35. The third-order valence-corrected chi connectivity index (χ3v) is 4.76. The Bertz CT molecular complexity index is 699. The molecular weight excluding hydrogens is 310 g/mol. The highest BCUT2D eigenvalue weighted by atomic mass is 32.2. The van der Waals surface area contributed by atoms with Gasteiger partial charge in [-0.1, -0.05) is 23.9 Å². The van der Waals surface area contributed by atoms with Gasteiger partial charge in [0.2, 0.25) is 0 Å². The number of rotatable bonds is 3. The molecule has 2 atom stereocenters. The Morgan fingerprint density at radius 1 is 1.43 bits per heavy atom. The molecule has 2 heterocycles. The molecule has 0 saturated carbocycles. The lowest BCUT2D eigenvalue weighted by atomic mass is 9.89. The van der Waals surface area contributed by atoms with E-state index in [1.165, 1.54) is 0 Å². The first-order chi connectivity index (χ1) is 11.1. The van der Waals surface area contributed by atoms with Gasteiger partial charge in [-0.05, 0) is 31.0 Å². The monoisotopic (exact) mass is 329 g/mol. The smallest absolute Gasteiger partial charge is 0.251 e. The topological polar surface area (TPSA) is 92.2 Å². The molecule has 7 heteroatoms. The fraction of sp³-hybridized carbons (Fsp3) is 0.375. The van der Waals surface area contributed by atoms with Gasteiger partial charge in [-0.25, -0.2) is 0 Å². The summed E-state index contributed by atoms with van der Waals surface area (Å²) in [4.78, 5) is 25.0. The second kappa shape index (κ2) is 6.54. The highest BCUT2D eigenvalue weighted by molar-refractivity contribution is 8.13. The molecule has 2 aliphatic heterocycles. The molecule has 1 aromatic carbocycles. The van der Waals surface area contributed by atoms with E-state index in [0.717, 1.165) is 23.4 Å². The normalized spacial score (nSPS) is 26.7. The van der Waals surface area contributed by atoms with Crippen LogP contribution in [0.15, 0.2) is 39.2 Å². The second-order valence-electron chi connectivity index (χ2n) is 5.72. The van der Waals surface area contributed by atoms with Crippen LogP contribution >= 0.6 is 11.8 Å². The molecule has 0 fully saturated rings. The van der Waals surface area contributed by atoms with E-state index in [0.29, 0.717) is 11.7 Å². The number of nitrogens with two attached hydrogens (primary N) is 1. The molecule has 1 aromatic rings. The quantitative estimate of drug-likeness (QED) is 0.886. The van der Waals surface area contributed by atoms with Crippen LogP contribution in [0.4, 0.5) is 5.69 Å². The molecule has 2 aliphatic rings. The molecule has 0 aromatic heterocycles. The number of nitrogens with one attached hydrogen (secondary N) is 1. The van der Waals surface area contributed by atoms with Crippen LogP contribution in [-0.2, 0) is 10.3 Å². The van der Waals surface area contributed by atoms with Crippen molar-refractivity contribution in [2.24, 2.45) is 20.7 Å². The van der Waals surface area contributed by atoms with Crippen molar-refractivity contribution in [3.8, 4) is 0 Å². The predicted molar refractivity (Wildman–Crippen MR) is 96.8 cm³/mol. The SMILES string of the molecule is CC1(c2cccc(NC(=O)C3CN=CC=N3)c2)CCSC(N)=N1. The molecule has 0 radical (unpaired) electrons. The number of aliphatic imine (C=N–C) groups is 3. The lowest BCUT2D eigenvalue weighted by Crippen LogP contribution is -2.31. The predicted octanol–water partition coefficient (Wildman–Crippen LogP) is 1.82. The maximum Gasteiger partial charge on any atom is 0.251 e. The third kappa shape index (κ3) is 3.61. The number of carbonyl (C=O) groups is 1. The minimum atomic E-state index is -0.459. The molecule has 23 heavy (non-hydrogen) atoms. The van der Waals surface area contributed by atoms with E-state index >= 15 is 0 Å². The summed E-state index contributed by atoms with van der Waals surface area (Å²) in [5.74, 6) is 0.791. The van der Waals surface area contributed by atoms with Crippen molar-refractivity contribution >= 4 is 41.0 Å². The summed E-state index contributed by atoms with van der Waals surface area (Å²) < 4.78 is 0. The standard InChI is InChI=1S/C16H19N5OS/c1-16(5-8-23-15(17)21-16)11-3-2-4-12(9-11)20-14(22)13-10-18-6-7-19-13/h2-4,6-7,9,13H,5,8,10H2,1H3,(H2,17,21)(H,20,22). The Balaban J connectivity index is 1.77. The Morgan fingerprint density at radius 3 is 3.04 bits per heavy atom. The Labute approximate surface area is 139 Å². The van der Waals surface area contributed by atoms with Gasteiger partial charge in [-0.15, -0.1) is 0 Å². The third-order valence-electron chi connectivity index (χ3n) is 3.97. The van der Waals surface area contributed by atoms with Gasteiger partial charge < -0.3 is 11.1 Å². The van der Waals surface area contributed by atoms with Gasteiger partial charge in [0.25, 0.3) is 5.91 Å². The molecule has 0 spiro atoms. The summed E-state index contributed by atoms with van der Waals surface area (Å²) in [5.41, 5.74) is 7.32. The van der Waals surface area contributed by atoms with Crippen molar-refractivity contribution < 1.29 is 4.79 Å². The van der Waals surface area contributed by atoms with Crippen molar-refractivity contribution in [1.29, 1.82) is 0 Å². The van der Waals surface area contributed by atoms with Crippen molar-refractivity contribution in [2.45, 2.75) is 24.9 Å². The van der Waals surface area contributed by atoms with Gasteiger partial charge >= 0.3 is 0 Å². The molecule has 6 nitrogen and oxygen atoms in total. The summed E-state index contributed by atoms with van der Waals surface area (Å²) in [7, 11) is 0. The Hall–Kier alpha value is -2.15. The molecule has 1 amide bonds. The van der Waals surface area contributed by atoms with E-state index in [1.807, 2.05) is 24.3 Å². The van der Waals surface area contributed by atoms with E-state index in [4.69, 9.17) is 5.73 Å². The lowest BCUT2D eigenvalue weighted by molar-refractivity contribution is -0.117. The van der Waals surface area contributed by atoms with Crippen LogP contribution < -0.4 is 11.1 Å². The maximum absolute atomic E-state index is 12.2. The van der Waals surface area contributed by atoms with Crippen LogP contribution in [0.5, 0.6) is 0 Å². The molecule has 3 rings (SSSR count). The van der Waals surface area contributed by atoms with Crippen molar-refractivity contribution in [3.05, 3.63) is 29.8 Å². The number of hydrogen-bond acceptors (Lipinski definition) is 6. The van der Waals surface area contributed by atoms with Crippen LogP contribution in [0.1, 0.15) is 18.9 Å². The van der Waals surface area contributed by atoms with Crippen LogP contribution in [0.25, 0.3) is 0 Å². The number of carbonyl (C=O) groups excluding carboxylic acids is 1. The molecule has 2 unspecified atom stereocenters. The first-order valence-electron chi connectivity index (χ1n) is 7.48. The number of thioether (sulfide) groups is 1. The van der Waals surface area contributed by atoms with Gasteiger partial charge in [-0.3, -0.25) is 19.8 Å². The second-order valence-corrected chi connectivity index (χ2v) is 6.84. The Kier molecular flexibility index (Phi) is 4.47. The number of anilines is 1. The van der Waals surface area contributed by atoms with E-state index in [1.54, 1.807) is 24.2 Å². The van der Waals surface area contributed by atoms with Crippen LogP contribution in [0, 0.1) is 0 Å². The minimum absolute atomic E-state index is 0.150. The zero-order valence-electron chi connectivity index (χ0n) is 12.9. The average Bonchev–Trinajstić information content (AvgIpc) is 2.56. The number of hydrogen-bond donors (Lipinski definition) is 2. The molecular formula is C16H19N5OS. The minimum Gasteiger partial charge on any atom is -0.379 e. The van der Waals surface area contributed by atoms with Gasteiger partial charge in [0, 0.05) is 23.9 Å². The fourth-order valence-corrected chi connectivity index (χ4v) is 3.57. The van der Waals surface area contributed by atoms with Gasteiger partial charge in [0.15, 0.2) is 5.17 Å². The van der Waals surface area contributed by atoms with Crippen LogP contribution in [0.3, 0.4) is 0 Å². The number of nitrogens with zero attached hydrogens (tertiary/aromatic N) is 3. The summed E-state index contributed by atoms with van der Waals surface area (Å²) in [6.45, 7) is 2.46. The summed E-state index contributed by atoms with van der Waals surface area (Å²) in [5, 5.41) is 3.52. The fourth-order valence-electron chi connectivity index (χ4n) is 2.60. The number of benzene rings is 1. The number of amides is 1. The van der Waals surface area contributed by atoms with E-state index in [2.05, 4.69) is 27.2 Å². The summed E-state index contributed by atoms with van der Waals surface area (Å²) in [6.07, 6.45) is 4.08. The molecule has 0 aliphatic carbocycles.